The molecule has 0 amide bonds. The molecule has 28 valence electrons. The summed E-state index contributed by atoms with van der Waals surface area (Å²) in [7, 11) is 0. The predicted octanol–water partition coefficient (Wildman–Crippen LogP) is 0.108. The van der Waals surface area contributed by atoms with Gasteiger partial charge in [-0.25, -0.2) is 0 Å². The van der Waals surface area contributed by atoms with Crippen LogP contribution in [-0.4, -0.2) is 0 Å². The summed E-state index contributed by atoms with van der Waals surface area (Å²) >= 11 is 0. The smallest absolute Gasteiger partial charge is 0 e. The van der Waals surface area contributed by atoms with Gasteiger partial charge < -0.3 is 0 Å². The summed E-state index contributed by atoms with van der Waals surface area (Å²) in [5.41, 5.74) is 0. The van der Waals surface area contributed by atoms with E-state index in [1.807, 2.05) is 0 Å². The Hall–Kier alpha value is 2.75. The van der Waals surface area contributed by atoms with Crippen molar-refractivity contribution in [1.82, 2.24) is 0 Å². The van der Waals surface area contributed by atoms with Crippen molar-refractivity contribution in [2.24, 2.45) is 0 Å². The second-order valence-electron chi connectivity index (χ2n) is 0. The summed E-state index contributed by atoms with van der Waals surface area (Å²) in [6.45, 7) is 0. The molecular weight excluding hydrogens is 286 g/mol. The summed E-state index contributed by atoms with van der Waals surface area (Å²) in [4.78, 5) is 0. The van der Waals surface area contributed by atoms with Crippen molar-refractivity contribution >= 4 is 13.5 Å². The van der Waals surface area contributed by atoms with Crippen LogP contribution in [0.5, 0.6) is 0 Å². The molecule has 0 nitrogen and oxygen atoms in total. The van der Waals surface area contributed by atoms with Gasteiger partial charge in [-0.15, -0.1) is 0 Å². The summed E-state index contributed by atoms with van der Waals surface area (Å²) < 4.78 is 0. The summed E-state index contributed by atoms with van der Waals surface area (Å²) in [6, 6.07) is 0. The molecule has 0 bridgehead atoms. The van der Waals surface area contributed by atoms with E-state index in [-0.39, 0.29) is 89.1 Å². The fourth-order valence-electron chi connectivity index (χ4n) is 0. The molecule has 0 spiro atoms. The second kappa shape index (κ2) is 17.1. The molecule has 0 aromatic heterocycles. The van der Waals surface area contributed by atoms with E-state index < -0.39 is 0 Å². The molecule has 0 rings (SSSR count). The predicted molar refractivity (Wildman–Crippen MR) is 10.4 cm³/mol. The van der Waals surface area contributed by atoms with Gasteiger partial charge >= 0.3 is 0 Å². The zero-order valence-electron chi connectivity index (χ0n) is 1.71. The first kappa shape index (κ1) is 29.5. The van der Waals surface area contributed by atoms with Crippen LogP contribution in [0, 0.1) is 41.7 Å². The third-order valence-corrected chi connectivity index (χ3v) is 0. The fourth-order valence-corrected chi connectivity index (χ4v) is 0. The number of rotatable bonds is 0. The molecule has 0 aromatic rings. The molecule has 0 unspecified atom stereocenters. The summed E-state index contributed by atoms with van der Waals surface area (Å²) in [5, 5.41) is 0. The topological polar surface area (TPSA) is 0 Å². The second-order valence-corrected chi connectivity index (χ2v) is 0. The molecule has 0 atom stereocenters. The molecule has 4 heavy (non-hydrogen) atoms. The van der Waals surface area contributed by atoms with Gasteiger partial charge in [0.2, 0.25) is 0 Å². The van der Waals surface area contributed by atoms with Crippen molar-refractivity contribution in [3.63, 3.8) is 0 Å². The molecule has 0 heterocycles. The van der Waals surface area contributed by atoms with Crippen LogP contribution in [0.3, 0.4) is 0 Å². The molecule has 2 radical (unpaired) electrons. The maximum absolute atomic E-state index is 0. The Balaban J connectivity index is 0. The van der Waals surface area contributed by atoms with Crippen molar-refractivity contribution < 1.29 is 75.6 Å². The van der Waals surface area contributed by atoms with Crippen molar-refractivity contribution in [1.29, 1.82) is 0 Å². The van der Waals surface area contributed by atoms with Crippen LogP contribution < -0.4 is 0 Å². The fraction of sp³-hybridized carbons (Fsp3) is 0. The molecule has 4 heteroatoms. The quantitative estimate of drug-likeness (QED) is 0.555. The Kier molecular flexibility index (Phi) is 126. The Morgan fingerprint density at radius 2 is 1.00 bits per heavy atom. The van der Waals surface area contributed by atoms with Gasteiger partial charge in [0, 0.05) is 75.6 Å². The zero-order valence-corrected chi connectivity index (χ0v) is 8.07. The molecule has 0 saturated heterocycles. The van der Waals surface area contributed by atoms with E-state index in [1.54, 1.807) is 0 Å². The average molecular weight is 288 g/mol. The van der Waals surface area contributed by atoms with Crippen LogP contribution in [-0.2, 0) is 33.8 Å². The van der Waals surface area contributed by atoms with Crippen LogP contribution >= 0.6 is 13.5 Å². The standard InChI is InChI=1S/Ce.Co.Mn.H2S/h;;;1H2. The van der Waals surface area contributed by atoms with E-state index in [2.05, 4.69) is 0 Å². The molecule has 0 aromatic carbocycles. The molecule has 0 aliphatic heterocycles. The minimum absolute atomic E-state index is 0. The van der Waals surface area contributed by atoms with Gasteiger partial charge in [-0.1, -0.05) is 0 Å². The first-order valence-electron chi connectivity index (χ1n) is 0. The van der Waals surface area contributed by atoms with Gasteiger partial charge in [-0.2, -0.15) is 13.5 Å². The zero-order chi connectivity index (χ0) is 0. The Labute approximate surface area is 87.4 Å². The number of hydrogen-bond donors (Lipinski definition) is 0. The van der Waals surface area contributed by atoms with Crippen LogP contribution in [0.25, 0.3) is 0 Å². The van der Waals surface area contributed by atoms with Gasteiger partial charge in [0.15, 0.2) is 0 Å². The Morgan fingerprint density at radius 1 is 1.00 bits per heavy atom. The van der Waals surface area contributed by atoms with E-state index >= 15 is 0 Å². The van der Waals surface area contributed by atoms with Crippen LogP contribution in [0.15, 0.2) is 0 Å². The van der Waals surface area contributed by atoms with Gasteiger partial charge in [0.25, 0.3) is 0 Å². The van der Waals surface area contributed by atoms with Crippen LogP contribution in [0.1, 0.15) is 0 Å². The van der Waals surface area contributed by atoms with Crippen LogP contribution in [0.2, 0.25) is 0 Å². The third kappa shape index (κ3) is 8.83. The first-order valence-corrected chi connectivity index (χ1v) is 0. The largest absolute Gasteiger partial charge is 0.197 e. The van der Waals surface area contributed by atoms with Crippen molar-refractivity contribution in [2.45, 2.75) is 0 Å². The number of hydrogen-bond acceptors (Lipinski definition) is 0. The Morgan fingerprint density at radius 3 is 1.00 bits per heavy atom. The van der Waals surface area contributed by atoms with E-state index in [4.69, 9.17) is 0 Å². The molecule has 0 aliphatic carbocycles. The van der Waals surface area contributed by atoms with Gasteiger partial charge in [0.05, 0.1) is 0 Å². The monoisotopic (exact) mass is 288 g/mol. The molecule has 0 aliphatic rings. The van der Waals surface area contributed by atoms with Crippen LogP contribution in [0.4, 0.5) is 0 Å². The normalized spacial score (nSPS) is 0. The first-order chi connectivity index (χ1) is 0. The van der Waals surface area contributed by atoms with E-state index in [9.17, 15) is 0 Å². The molecule has 0 fully saturated rings. The van der Waals surface area contributed by atoms with Gasteiger partial charge in [-0.05, 0) is 0 Å². The third-order valence-electron chi connectivity index (χ3n) is 0. The maximum Gasteiger partial charge on any atom is 0 e. The molecule has 0 N–H and O–H groups in total. The Bertz CT molecular complexity index is 8.00. The van der Waals surface area contributed by atoms with Crippen molar-refractivity contribution in [3.05, 3.63) is 0 Å². The van der Waals surface area contributed by atoms with E-state index in [0.717, 1.165) is 0 Å². The average Bonchev–Trinajstić information content (AvgIpc) is 0. The summed E-state index contributed by atoms with van der Waals surface area (Å²) in [5.74, 6) is 0. The molecule has 0 saturated carbocycles. The van der Waals surface area contributed by atoms with E-state index in [1.165, 1.54) is 0 Å². The maximum atomic E-state index is 0. The summed E-state index contributed by atoms with van der Waals surface area (Å²) in [6.07, 6.45) is 0. The van der Waals surface area contributed by atoms with Crippen molar-refractivity contribution in [3.8, 4) is 0 Å². The minimum Gasteiger partial charge on any atom is -0.197 e. The van der Waals surface area contributed by atoms with Gasteiger partial charge in [-0.3, -0.25) is 0 Å². The molecular formula is H2CeCoMnS. The SMILES string of the molecule is S.[Ce].[Co].[Mn]. The minimum atomic E-state index is 0. The van der Waals surface area contributed by atoms with Crippen molar-refractivity contribution in [2.75, 3.05) is 0 Å². The van der Waals surface area contributed by atoms with Gasteiger partial charge in [0.1, 0.15) is 0 Å². The van der Waals surface area contributed by atoms with E-state index in [0.29, 0.717) is 0 Å².